The predicted molar refractivity (Wildman–Crippen MR) is 92.3 cm³/mol. The van der Waals surface area contributed by atoms with Gasteiger partial charge in [-0.3, -0.25) is 9.48 Å². The molecule has 0 radical (unpaired) electrons. The molecule has 1 unspecified atom stereocenters. The summed E-state index contributed by atoms with van der Waals surface area (Å²) in [5.74, 6) is 1.72. The van der Waals surface area contributed by atoms with E-state index in [1.807, 2.05) is 13.1 Å². The molecule has 8 heteroatoms. The van der Waals surface area contributed by atoms with Crippen molar-refractivity contribution in [2.45, 2.75) is 56.5 Å². The zero-order valence-electron chi connectivity index (χ0n) is 15.1. The Hall–Kier alpha value is -2.22. The molecular formula is C18H25N5O3. The molecule has 2 aromatic heterocycles. The number of piperidine rings is 1. The van der Waals surface area contributed by atoms with Crippen LogP contribution in [-0.2, 0) is 24.7 Å². The first-order valence-electron chi connectivity index (χ1n) is 9.32. The van der Waals surface area contributed by atoms with E-state index < -0.39 is 5.60 Å². The van der Waals surface area contributed by atoms with Crippen LogP contribution in [0.2, 0.25) is 0 Å². The monoisotopic (exact) mass is 359 g/mol. The second-order valence-electron chi connectivity index (χ2n) is 7.59. The zero-order chi connectivity index (χ0) is 18.1. The topological polar surface area (TPSA) is 97.3 Å². The highest BCUT2D eigenvalue weighted by molar-refractivity contribution is 5.76. The van der Waals surface area contributed by atoms with Gasteiger partial charge in [0.2, 0.25) is 11.8 Å². The molecule has 1 amide bonds. The first kappa shape index (κ1) is 17.2. The molecular weight excluding hydrogens is 334 g/mol. The summed E-state index contributed by atoms with van der Waals surface area (Å²) >= 11 is 0. The standard InChI is InChI=1S/C18H25N5O3/c1-22-14(7-9-19-22)5-6-16(24)23-10-2-8-18(25,12-23)11-15-20-17(21-26-15)13-3-4-13/h7,9,13,25H,2-6,8,10-12H2,1H3. The number of nitrogens with zero attached hydrogens (tertiary/aromatic N) is 5. The summed E-state index contributed by atoms with van der Waals surface area (Å²) in [5.41, 5.74) is 0.0393. The third-order valence-electron chi connectivity index (χ3n) is 5.33. The molecule has 26 heavy (non-hydrogen) atoms. The number of hydrogen-bond acceptors (Lipinski definition) is 6. The Morgan fingerprint density at radius 2 is 2.31 bits per heavy atom. The van der Waals surface area contributed by atoms with Gasteiger partial charge in [-0.05, 0) is 38.2 Å². The average Bonchev–Trinajstić information content (AvgIpc) is 3.24. The highest BCUT2D eigenvalue weighted by atomic mass is 16.5. The van der Waals surface area contributed by atoms with E-state index in [1.54, 1.807) is 15.8 Å². The molecule has 8 nitrogen and oxygen atoms in total. The van der Waals surface area contributed by atoms with Gasteiger partial charge in [0.25, 0.3) is 0 Å². The Bertz CT molecular complexity index is 781. The van der Waals surface area contributed by atoms with E-state index >= 15 is 0 Å². The number of carbonyl (C=O) groups excluding carboxylic acids is 1. The number of rotatable bonds is 6. The first-order valence-corrected chi connectivity index (χ1v) is 9.32. The Labute approximate surface area is 152 Å². The van der Waals surface area contributed by atoms with E-state index in [-0.39, 0.29) is 5.91 Å². The van der Waals surface area contributed by atoms with Crippen molar-refractivity contribution >= 4 is 5.91 Å². The third-order valence-corrected chi connectivity index (χ3v) is 5.33. The molecule has 1 saturated heterocycles. The van der Waals surface area contributed by atoms with Crippen molar-refractivity contribution in [3.05, 3.63) is 29.7 Å². The van der Waals surface area contributed by atoms with Crippen molar-refractivity contribution in [1.29, 1.82) is 0 Å². The van der Waals surface area contributed by atoms with Crippen molar-refractivity contribution in [3.63, 3.8) is 0 Å². The zero-order valence-corrected chi connectivity index (χ0v) is 15.1. The normalized spacial score (nSPS) is 23.4. The number of likely N-dealkylation sites (tertiary alicyclic amines) is 1. The molecule has 2 fully saturated rings. The molecule has 1 N–H and O–H groups in total. The molecule has 0 bridgehead atoms. The highest BCUT2D eigenvalue weighted by Crippen LogP contribution is 2.38. The van der Waals surface area contributed by atoms with Crippen LogP contribution in [0.5, 0.6) is 0 Å². The highest BCUT2D eigenvalue weighted by Gasteiger charge is 2.37. The lowest BCUT2D eigenvalue weighted by atomic mass is 9.89. The number of aliphatic hydroxyl groups is 1. The van der Waals surface area contributed by atoms with Crippen molar-refractivity contribution in [1.82, 2.24) is 24.8 Å². The summed E-state index contributed by atoms with van der Waals surface area (Å²) < 4.78 is 7.09. The Balaban J connectivity index is 1.34. The smallest absolute Gasteiger partial charge is 0.229 e. The molecule has 2 aliphatic rings. The number of hydrogen-bond donors (Lipinski definition) is 1. The molecule has 140 valence electrons. The summed E-state index contributed by atoms with van der Waals surface area (Å²) in [6, 6.07) is 1.92. The maximum Gasteiger partial charge on any atom is 0.229 e. The lowest BCUT2D eigenvalue weighted by molar-refractivity contribution is -0.138. The van der Waals surface area contributed by atoms with Gasteiger partial charge in [-0.15, -0.1) is 0 Å². The third kappa shape index (κ3) is 3.80. The van der Waals surface area contributed by atoms with Crippen LogP contribution in [-0.4, -0.2) is 54.5 Å². The van der Waals surface area contributed by atoms with Crippen molar-refractivity contribution in [2.24, 2.45) is 7.05 Å². The molecule has 2 aromatic rings. The molecule has 1 saturated carbocycles. The minimum atomic E-state index is -0.992. The Morgan fingerprint density at radius 1 is 1.46 bits per heavy atom. The van der Waals surface area contributed by atoms with Crippen LogP contribution >= 0.6 is 0 Å². The van der Waals surface area contributed by atoms with E-state index in [0.29, 0.717) is 50.6 Å². The van der Waals surface area contributed by atoms with Gasteiger partial charge in [-0.25, -0.2) is 0 Å². The van der Waals surface area contributed by atoms with Crippen LogP contribution in [0.3, 0.4) is 0 Å². The summed E-state index contributed by atoms with van der Waals surface area (Å²) in [6.45, 7) is 1.00. The van der Waals surface area contributed by atoms with Gasteiger partial charge in [-0.1, -0.05) is 5.16 Å². The average molecular weight is 359 g/mol. The molecule has 0 aromatic carbocycles. The minimum Gasteiger partial charge on any atom is -0.388 e. The SMILES string of the molecule is Cn1nccc1CCC(=O)N1CCCC(O)(Cc2nc(C3CC3)no2)C1. The summed E-state index contributed by atoms with van der Waals surface area (Å²) in [4.78, 5) is 18.8. The van der Waals surface area contributed by atoms with Gasteiger partial charge in [-0.2, -0.15) is 10.1 Å². The maximum atomic E-state index is 12.6. The number of aryl methyl sites for hydroxylation is 2. The number of β-amino-alcohol motifs (C(OH)–C–C–N with tert-alkyl or cyclic N) is 1. The van der Waals surface area contributed by atoms with Crippen LogP contribution in [0.15, 0.2) is 16.8 Å². The second kappa shape index (κ2) is 6.83. The van der Waals surface area contributed by atoms with Crippen LogP contribution < -0.4 is 0 Å². The number of carbonyl (C=O) groups is 1. The second-order valence-corrected chi connectivity index (χ2v) is 7.59. The summed E-state index contributed by atoms with van der Waals surface area (Å²) in [6.07, 6.45) is 6.75. The first-order chi connectivity index (χ1) is 12.5. The van der Waals surface area contributed by atoms with Gasteiger partial charge >= 0.3 is 0 Å². The van der Waals surface area contributed by atoms with Gasteiger partial charge in [0.15, 0.2) is 5.82 Å². The van der Waals surface area contributed by atoms with Gasteiger partial charge in [0, 0.05) is 44.4 Å². The summed E-state index contributed by atoms with van der Waals surface area (Å²) in [7, 11) is 1.87. The minimum absolute atomic E-state index is 0.0634. The lowest BCUT2D eigenvalue weighted by Gasteiger charge is -2.38. The molecule has 4 rings (SSSR count). The fourth-order valence-electron chi connectivity index (χ4n) is 3.64. The Kier molecular flexibility index (Phi) is 4.52. The van der Waals surface area contributed by atoms with E-state index in [1.165, 1.54) is 0 Å². The quantitative estimate of drug-likeness (QED) is 0.833. The van der Waals surface area contributed by atoms with Gasteiger partial charge < -0.3 is 14.5 Å². The molecule has 1 aliphatic carbocycles. The molecule has 0 spiro atoms. The fraction of sp³-hybridized carbons (Fsp3) is 0.667. The summed E-state index contributed by atoms with van der Waals surface area (Å²) in [5, 5.41) is 19.1. The van der Waals surface area contributed by atoms with Crippen LogP contribution in [0.1, 0.15) is 55.4 Å². The lowest BCUT2D eigenvalue weighted by Crippen LogP contribution is -2.51. The van der Waals surface area contributed by atoms with Gasteiger partial charge in [0.1, 0.15) is 0 Å². The number of amides is 1. The van der Waals surface area contributed by atoms with Crippen molar-refractivity contribution in [2.75, 3.05) is 13.1 Å². The molecule has 1 atom stereocenters. The Morgan fingerprint density at radius 3 is 3.04 bits per heavy atom. The van der Waals surface area contributed by atoms with Crippen molar-refractivity contribution in [3.8, 4) is 0 Å². The van der Waals surface area contributed by atoms with Gasteiger partial charge in [0.05, 0.1) is 12.0 Å². The maximum absolute atomic E-state index is 12.6. The predicted octanol–water partition coefficient (Wildman–Crippen LogP) is 1.21. The number of aromatic nitrogens is 4. The largest absolute Gasteiger partial charge is 0.388 e. The van der Waals surface area contributed by atoms with E-state index in [9.17, 15) is 9.90 Å². The van der Waals surface area contributed by atoms with Crippen LogP contribution in [0.4, 0.5) is 0 Å². The van der Waals surface area contributed by atoms with E-state index in [2.05, 4.69) is 15.2 Å². The van der Waals surface area contributed by atoms with Crippen LogP contribution in [0, 0.1) is 0 Å². The van der Waals surface area contributed by atoms with Crippen molar-refractivity contribution < 1.29 is 14.4 Å². The fourth-order valence-corrected chi connectivity index (χ4v) is 3.64. The van der Waals surface area contributed by atoms with E-state index in [0.717, 1.165) is 30.8 Å². The van der Waals surface area contributed by atoms with Crippen LogP contribution in [0.25, 0.3) is 0 Å². The molecule has 3 heterocycles. The molecule has 1 aliphatic heterocycles. The van der Waals surface area contributed by atoms with E-state index in [4.69, 9.17) is 4.52 Å².